The molecule has 24 heteroatoms. The van der Waals surface area contributed by atoms with E-state index in [1.54, 1.807) is 97.1 Å². The lowest BCUT2D eigenvalue weighted by molar-refractivity contribution is -0.159. The highest BCUT2D eigenvalue weighted by molar-refractivity contribution is 5.97. The van der Waals surface area contributed by atoms with Crippen molar-refractivity contribution in [3.8, 4) is 0 Å². The van der Waals surface area contributed by atoms with Crippen molar-refractivity contribution in [3.05, 3.63) is 119 Å². The summed E-state index contributed by atoms with van der Waals surface area (Å²) in [5.74, 6) is -6.37. The average Bonchev–Trinajstić information content (AvgIpc) is 3.82. The van der Waals surface area contributed by atoms with E-state index in [1.807, 2.05) is 0 Å². The van der Waals surface area contributed by atoms with Gasteiger partial charge in [-0.2, -0.15) is 0 Å². The number of hydrogen-bond acceptors (Lipinski definition) is 12. The Labute approximate surface area is 387 Å². The second-order valence-corrected chi connectivity index (χ2v) is 16.4. The van der Waals surface area contributed by atoms with Crippen LogP contribution in [0.15, 0.2) is 97.1 Å². The van der Waals surface area contributed by atoms with Crippen LogP contribution in [0.2, 0.25) is 0 Å². The fourth-order valence-electron chi connectivity index (χ4n) is 6.99. The van der Waals surface area contributed by atoms with Crippen LogP contribution < -0.4 is 64.7 Å². The van der Waals surface area contributed by atoms with Crippen molar-refractivity contribution in [1.82, 2.24) is 43.4 Å². The summed E-state index contributed by atoms with van der Waals surface area (Å²) in [6.45, 7) is 5.95. The van der Waals surface area contributed by atoms with Crippen molar-refractivity contribution >= 4 is 70.5 Å². The lowest BCUT2D eigenvalue weighted by atomic mass is 10.0. The molecule has 9 aliphatic heterocycles. The molecule has 68 heavy (non-hydrogen) atoms. The minimum absolute atomic E-state index is 0.392. The Hall–Kier alpha value is -8.32. The molecule has 12 N–H and O–H groups in total. The first-order valence-corrected chi connectivity index (χ1v) is 20.9. The van der Waals surface area contributed by atoms with Gasteiger partial charge in [0.15, 0.2) is 36.0 Å². The monoisotopic (exact) mass is 936 g/mol. The van der Waals surface area contributed by atoms with E-state index in [1.165, 1.54) is 27.7 Å². The molecule has 0 radical (unpaired) electrons. The summed E-state index contributed by atoms with van der Waals surface area (Å²) in [5, 5.41) is 10.3. The summed E-state index contributed by atoms with van der Waals surface area (Å²) in [4.78, 5) is 103. The molecule has 356 valence electrons. The largest absolute Gasteiger partial charge is 0.337 e. The number of anilines is 4. The lowest BCUT2D eigenvalue weighted by Gasteiger charge is -2.17. The molecular formula is C44H48N12O12. The summed E-state index contributed by atoms with van der Waals surface area (Å²) >= 11 is 0. The Balaban J connectivity index is 1.01. The summed E-state index contributed by atoms with van der Waals surface area (Å²) in [6, 6.07) is 24.2. The molecule has 4 atom stereocenters. The minimum Gasteiger partial charge on any atom is -0.334 e. The van der Waals surface area contributed by atoms with E-state index >= 15 is 0 Å². The second-order valence-electron chi connectivity index (χ2n) is 16.4. The van der Waals surface area contributed by atoms with Crippen LogP contribution in [-0.2, 0) is 51.0 Å². The van der Waals surface area contributed by atoms with Crippen LogP contribution in [0.25, 0.3) is 0 Å². The number of benzene rings is 4. The number of urea groups is 4. The minimum atomic E-state index is -1.52. The second kappa shape index (κ2) is 20.5. The Kier molecular flexibility index (Phi) is 14.3. The van der Waals surface area contributed by atoms with Crippen LogP contribution in [0.5, 0.6) is 0 Å². The quantitative estimate of drug-likeness (QED) is 0.121. The van der Waals surface area contributed by atoms with Crippen molar-refractivity contribution in [2.45, 2.75) is 76.5 Å². The van der Waals surface area contributed by atoms with Crippen molar-refractivity contribution in [2.75, 3.05) is 21.3 Å². The molecule has 8 bridgehead atoms. The number of hydrogen-bond donors (Lipinski definition) is 12. The summed E-state index contributed by atoms with van der Waals surface area (Å²) < 4.78 is 22.6. The smallest absolute Gasteiger partial charge is 0.334 e. The SMILES string of the molecule is CC1(C)O[C@H]2C(=O)NNC(=O)Nc3ccc(cc3)Cc3ccc(cc3)NC(=O)NNC(=O)[C@@H]3OC(C)(C)O[C@H]3C(=O)NNC(=O)Nc3ccc(cc3)Cc3ccc(cc3)NC(=O)NNC(=O)[C@@H]2O1. The number of ether oxygens (including phenoxy) is 4. The zero-order chi connectivity index (χ0) is 48.6. The Morgan fingerprint density at radius 3 is 0.706 bits per heavy atom. The average molecular weight is 937 g/mol. The van der Waals surface area contributed by atoms with Gasteiger partial charge >= 0.3 is 24.1 Å². The third-order valence-corrected chi connectivity index (χ3v) is 10.1. The van der Waals surface area contributed by atoms with Crippen LogP contribution in [0.4, 0.5) is 41.9 Å². The molecule has 2 saturated heterocycles. The first kappa shape index (κ1) is 47.6. The first-order chi connectivity index (χ1) is 32.4. The van der Waals surface area contributed by atoms with E-state index in [2.05, 4.69) is 64.7 Å². The molecule has 2 fully saturated rings. The molecule has 4 aromatic carbocycles. The predicted molar refractivity (Wildman–Crippen MR) is 240 cm³/mol. The fraction of sp³-hybridized carbons (Fsp3) is 0.273. The van der Waals surface area contributed by atoms with Gasteiger partial charge in [0.25, 0.3) is 23.6 Å². The summed E-state index contributed by atoms with van der Waals surface area (Å²) in [7, 11) is 0. The van der Waals surface area contributed by atoms with Crippen LogP contribution in [0.3, 0.4) is 0 Å². The molecular weight excluding hydrogens is 889 g/mol. The maximum Gasteiger partial charge on any atom is 0.337 e. The van der Waals surface area contributed by atoms with Gasteiger partial charge in [-0.1, -0.05) is 48.5 Å². The third-order valence-electron chi connectivity index (χ3n) is 10.1. The molecule has 9 heterocycles. The van der Waals surface area contributed by atoms with E-state index in [0.29, 0.717) is 35.6 Å². The van der Waals surface area contributed by atoms with Crippen molar-refractivity contribution in [3.63, 3.8) is 0 Å². The van der Waals surface area contributed by atoms with E-state index in [9.17, 15) is 38.4 Å². The highest BCUT2D eigenvalue weighted by Gasteiger charge is 2.50. The van der Waals surface area contributed by atoms with Crippen molar-refractivity contribution in [1.29, 1.82) is 0 Å². The normalized spacial score (nSPS) is 22.8. The van der Waals surface area contributed by atoms with Crippen molar-refractivity contribution in [2.24, 2.45) is 0 Å². The fourth-order valence-corrected chi connectivity index (χ4v) is 6.99. The summed E-state index contributed by atoms with van der Waals surface area (Å²) in [6.07, 6.45) is -5.10. The Morgan fingerprint density at radius 1 is 0.324 bits per heavy atom. The summed E-state index contributed by atoms with van der Waals surface area (Å²) in [5.41, 5.74) is 22.8. The first-order valence-electron chi connectivity index (χ1n) is 20.9. The molecule has 13 rings (SSSR count). The molecule has 9 aliphatic rings. The Bertz CT molecular complexity index is 2210. The number of amides is 12. The molecule has 0 spiro atoms. The lowest BCUT2D eigenvalue weighted by Crippen LogP contribution is -2.55. The molecule has 0 saturated carbocycles. The standard InChI is InChI=1S/C44H48N12O12/c1-43(2)65-31-32(66-43)36(58)50-54-40(62)46-28-15-7-24(8-16-28)22-26-11-19-30(20-12-26)48-42(64)56-52-38(60)34-33(67-44(3,4)68-34)37(59)51-55-41(63)47-29-17-9-25(10-18-29)21-23-5-13-27(14-6-23)45-39(61)53-49-35(31)57/h5-20,31-34H,21-22H2,1-4H3,(H,49,57)(H,50,58)(H,51,59)(H,52,60)(H2,45,53,61)(H2,46,54,62)(H2,47,55,63)(H2,48,56,64)/t31-,32-,33-,34-/m1/s1. The van der Waals surface area contributed by atoms with E-state index in [-0.39, 0.29) is 0 Å². The maximum absolute atomic E-state index is 13.1. The van der Waals surface area contributed by atoms with Crippen LogP contribution >= 0.6 is 0 Å². The highest BCUT2D eigenvalue weighted by Crippen LogP contribution is 2.30. The van der Waals surface area contributed by atoms with Crippen LogP contribution in [0.1, 0.15) is 49.9 Å². The van der Waals surface area contributed by atoms with Crippen LogP contribution in [-0.4, -0.2) is 83.7 Å². The van der Waals surface area contributed by atoms with Gasteiger partial charge in [-0.15, -0.1) is 0 Å². The number of hydrazine groups is 4. The zero-order valence-electron chi connectivity index (χ0n) is 36.9. The zero-order valence-corrected chi connectivity index (χ0v) is 36.9. The van der Waals surface area contributed by atoms with Gasteiger partial charge < -0.3 is 40.2 Å². The van der Waals surface area contributed by atoms with E-state index in [4.69, 9.17) is 18.9 Å². The molecule has 24 nitrogen and oxygen atoms in total. The van der Waals surface area contributed by atoms with E-state index in [0.717, 1.165) is 22.3 Å². The predicted octanol–water partition coefficient (Wildman–Crippen LogP) is 2.23. The van der Waals surface area contributed by atoms with Gasteiger partial charge in [-0.05, 0) is 111 Å². The number of carbonyl (C=O) groups excluding carboxylic acids is 8. The van der Waals surface area contributed by atoms with Crippen LogP contribution in [0, 0.1) is 0 Å². The molecule has 4 aromatic rings. The van der Waals surface area contributed by atoms with E-state index < -0.39 is 83.7 Å². The Morgan fingerprint density at radius 2 is 0.515 bits per heavy atom. The third kappa shape index (κ3) is 12.9. The number of nitrogens with one attached hydrogen (secondary N) is 12. The van der Waals surface area contributed by atoms with Gasteiger partial charge in [0, 0.05) is 22.7 Å². The van der Waals surface area contributed by atoms with Gasteiger partial charge in [0.2, 0.25) is 0 Å². The number of rotatable bonds is 0. The maximum atomic E-state index is 13.1. The molecule has 12 amide bonds. The van der Waals surface area contributed by atoms with Gasteiger partial charge in [-0.3, -0.25) is 40.9 Å². The van der Waals surface area contributed by atoms with Crippen molar-refractivity contribution < 1.29 is 57.3 Å². The topological polar surface area (TPSA) is 318 Å². The number of carbonyl (C=O) groups is 8. The molecule has 0 aromatic heterocycles. The highest BCUT2D eigenvalue weighted by atomic mass is 16.8. The van der Waals surface area contributed by atoms with Gasteiger partial charge in [0.1, 0.15) is 0 Å². The molecule has 0 unspecified atom stereocenters. The van der Waals surface area contributed by atoms with Gasteiger partial charge in [0.05, 0.1) is 0 Å². The van der Waals surface area contributed by atoms with Gasteiger partial charge in [-0.25, -0.2) is 40.9 Å². The molecule has 0 aliphatic carbocycles.